The summed E-state index contributed by atoms with van der Waals surface area (Å²) in [7, 11) is 0. The maximum atomic E-state index is 11.3. The van der Waals surface area contributed by atoms with Gasteiger partial charge in [-0.15, -0.1) is 0 Å². The average Bonchev–Trinajstić information content (AvgIpc) is 2.12. The highest BCUT2D eigenvalue weighted by molar-refractivity contribution is 5.75. The van der Waals surface area contributed by atoms with Gasteiger partial charge >= 0.3 is 0 Å². The lowest BCUT2D eigenvalue weighted by molar-refractivity contribution is -0.121. The Kier molecular flexibility index (Phi) is 8.70. The van der Waals surface area contributed by atoms with Crippen molar-refractivity contribution < 1.29 is 4.79 Å². The summed E-state index contributed by atoms with van der Waals surface area (Å²) in [5.41, 5.74) is 0. The molecule has 0 aromatic rings. The second-order valence-corrected chi connectivity index (χ2v) is 4.34. The minimum absolute atomic E-state index is 0.224. The van der Waals surface area contributed by atoms with Crippen molar-refractivity contribution in [2.45, 2.75) is 59.3 Å². The van der Waals surface area contributed by atoms with Crippen molar-refractivity contribution in [2.24, 2.45) is 5.92 Å². The first kappa shape index (κ1) is 13.5. The minimum Gasteiger partial charge on any atom is -0.356 e. The Hall–Kier alpha value is -0.530. The van der Waals surface area contributed by atoms with Gasteiger partial charge in [-0.05, 0) is 18.8 Å². The van der Waals surface area contributed by atoms with Gasteiger partial charge in [0.25, 0.3) is 0 Å². The molecule has 0 rings (SSSR count). The van der Waals surface area contributed by atoms with Crippen LogP contribution >= 0.6 is 0 Å². The second kappa shape index (κ2) is 9.04. The topological polar surface area (TPSA) is 29.1 Å². The van der Waals surface area contributed by atoms with E-state index in [0.717, 1.165) is 19.4 Å². The smallest absolute Gasteiger partial charge is 0.219 e. The largest absolute Gasteiger partial charge is 0.356 e. The first-order valence-electron chi connectivity index (χ1n) is 5.93. The van der Waals surface area contributed by atoms with Crippen LogP contribution in [0.3, 0.4) is 0 Å². The van der Waals surface area contributed by atoms with Crippen LogP contribution in [0.15, 0.2) is 0 Å². The summed E-state index contributed by atoms with van der Waals surface area (Å²) in [4.78, 5) is 11.3. The molecule has 0 aliphatic carbocycles. The maximum Gasteiger partial charge on any atom is 0.219 e. The van der Waals surface area contributed by atoms with Crippen LogP contribution in [0.5, 0.6) is 0 Å². The van der Waals surface area contributed by atoms with Crippen molar-refractivity contribution in [3.8, 4) is 0 Å². The zero-order valence-corrected chi connectivity index (χ0v) is 9.94. The lowest BCUT2D eigenvalue weighted by Crippen LogP contribution is -2.24. The molecule has 0 saturated carbocycles. The fraction of sp³-hybridized carbons (Fsp3) is 0.917. The molecule has 0 aromatic carbocycles. The third-order valence-corrected chi connectivity index (χ3v) is 2.30. The van der Waals surface area contributed by atoms with Gasteiger partial charge < -0.3 is 5.32 Å². The molecule has 0 spiro atoms. The van der Waals surface area contributed by atoms with E-state index in [2.05, 4.69) is 26.1 Å². The molecule has 0 heterocycles. The number of rotatable bonds is 8. The van der Waals surface area contributed by atoms with Crippen molar-refractivity contribution in [2.75, 3.05) is 6.54 Å². The summed E-state index contributed by atoms with van der Waals surface area (Å²) in [6.07, 6.45) is 6.50. The summed E-state index contributed by atoms with van der Waals surface area (Å²) in [6, 6.07) is 0. The summed E-state index contributed by atoms with van der Waals surface area (Å²) in [6.45, 7) is 7.37. The molecule has 0 aromatic heterocycles. The molecule has 0 unspecified atom stereocenters. The van der Waals surface area contributed by atoms with E-state index < -0.39 is 0 Å². The van der Waals surface area contributed by atoms with E-state index in [4.69, 9.17) is 0 Å². The highest BCUT2D eigenvalue weighted by atomic mass is 16.1. The van der Waals surface area contributed by atoms with Crippen LogP contribution in [0.1, 0.15) is 59.3 Å². The molecular weight excluding hydrogens is 174 g/mol. The number of unbranched alkanes of at least 4 members (excludes halogenated alkanes) is 3. The van der Waals surface area contributed by atoms with Gasteiger partial charge in [-0.3, -0.25) is 4.79 Å². The van der Waals surface area contributed by atoms with E-state index in [9.17, 15) is 4.79 Å². The van der Waals surface area contributed by atoms with Crippen LogP contribution in [0.25, 0.3) is 0 Å². The van der Waals surface area contributed by atoms with E-state index in [1.807, 2.05) is 0 Å². The van der Waals surface area contributed by atoms with Gasteiger partial charge in [0, 0.05) is 13.0 Å². The number of hydrogen-bond donors (Lipinski definition) is 1. The van der Waals surface area contributed by atoms with Gasteiger partial charge in [-0.25, -0.2) is 0 Å². The number of nitrogens with one attached hydrogen (secondary N) is 1. The molecule has 84 valence electrons. The van der Waals surface area contributed by atoms with Crippen molar-refractivity contribution in [3.05, 3.63) is 0 Å². The number of carbonyl (C=O) groups is 1. The highest BCUT2D eigenvalue weighted by Gasteiger charge is 2.00. The van der Waals surface area contributed by atoms with Gasteiger partial charge in [-0.1, -0.05) is 40.0 Å². The predicted octanol–water partition coefficient (Wildman–Crippen LogP) is 3.12. The van der Waals surface area contributed by atoms with Gasteiger partial charge in [0.15, 0.2) is 0 Å². The average molecular weight is 199 g/mol. The SMILES string of the molecule is CCCCCCC(=O)NCCC(C)C. The van der Waals surface area contributed by atoms with Gasteiger partial charge in [-0.2, -0.15) is 0 Å². The van der Waals surface area contributed by atoms with Crippen LogP contribution in [0.2, 0.25) is 0 Å². The minimum atomic E-state index is 0.224. The molecular formula is C12H25NO. The fourth-order valence-electron chi connectivity index (χ4n) is 1.30. The molecule has 0 atom stereocenters. The molecule has 2 nitrogen and oxygen atoms in total. The van der Waals surface area contributed by atoms with Crippen LogP contribution in [0.4, 0.5) is 0 Å². The molecule has 0 aliphatic heterocycles. The molecule has 1 amide bonds. The zero-order valence-electron chi connectivity index (χ0n) is 9.94. The number of amides is 1. The monoisotopic (exact) mass is 199 g/mol. The van der Waals surface area contributed by atoms with Gasteiger partial charge in [0.05, 0.1) is 0 Å². The van der Waals surface area contributed by atoms with Crippen molar-refractivity contribution in [1.29, 1.82) is 0 Å². The van der Waals surface area contributed by atoms with E-state index in [1.165, 1.54) is 19.3 Å². The zero-order chi connectivity index (χ0) is 10.8. The summed E-state index contributed by atoms with van der Waals surface area (Å²) in [5.74, 6) is 0.900. The number of hydrogen-bond acceptors (Lipinski definition) is 1. The van der Waals surface area contributed by atoms with Crippen LogP contribution in [0, 0.1) is 5.92 Å². The standard InChI is InChI=1S/C12H25NO/c1-4-5-6-7-8-12(14)13-10-9-11(2)3/h11H,4-10H2,1-3H3,(H,13,14). The molecule has 0 radical (unpaired) electrons. The van der Waals surface area contributed by atoms with E-state index in [-0.39, 0.29) is 5.91 Å². The van der Waals surface area contributed by atoms with Crippen LogP contribution < -0.4 is 5.32 Å². The Labute approximate surface area is 88.5 Å². The molecule has 0 saturated heterocycles. The molecule has 1 N–H and O–H groups in total. The van der Waals surface area contributed by atoms with Crippen molar-refractivity contribution in [1.82, 2.24) is 5.32 Å². The van der Waals surface area contributed by atoms with Crippen molar-refractivity contribution in [3.63, 3.8) is 0 Å². The van der Waals surface area contributed by atoms with E-state index >= 15 is 0 Å². The Morgan fingerprint density at radius 1 is 1.21 bits per heavy atom. The third kappa shape index (κ3) is 9.56. The Morgan fingerprint density at radius 3 is 2.50 bits per heavy atom. The Bertz CT molecular complexity index is 143. The predicted molar refractivity (Wildman–Crippen MR) is 61.2 cm³/mol. The first-order chi connectivity index (χ1) is 6.66. The summed E-state index contributed by atoms with van der Waals surface area (Å²) in [5, 5.41) is 2.95. The van der Waals surface area contributed by atoms with Crippen molar-refractivity contribution >= 4 is 5.91 Å². The molecule has 0 fully saturated rings. The van der Waals surface area contributed by atoms with Gasteiger partial charge in [0.2, 0.25) is 5.91 Å². The Morgan fingerprint density at radius 2 is 1.93 bits per heavy atom. The van der Waals surface area contributed by atoms with E-state index in [1.54, 1.807) is 0 Å². The normalized spacial score (nSPS) is 10.6. The quantitative estimate of drug-likeness (QED) is 0.598. The second-order valence-electron chi connectivity index (χ2n) is 4.34. The fourth-order valence-corrected chi connectivity index (χ4v) is 1.30. The number of carbonyl (C=O) groups excluding carboxylic acids is 1. The van der Waals surface area contributed by atoms with E-state index in [0.29, 0.717) is 12.3 Å². The molecule has 0 aliphatic rings. The highest BCUT2D eigenvalue weighted by Crippen LogP contribution is 2.02. The molecule has 0 bridgehead atoms. The summed E-state index contributed by atoms with van der Waals surface area (Å²) < 4.78 is 0. The first-order valence-corrected chi connectivity index (χ1v) is 5.93. The third-order valence-electron chi connectivity index (χ3n) is 2.30. The molecule has 2 heteroatoms. The maximum absolute atomic E-state index is 11.3. The molecule has 14 heavy (non-hydrogen) atoms. The summed E-state index contributed by atoms with van der Waals surface area (Å²) >= 11 is 0. The van der Waals surface area contributed by atoms with Crippen LogP contribution in [-0.4, -0.2) is 12.5 Å². The lowest BCUT2D eigenvalue weighted by Gasteiger charge is -2.06. The van der Waals surface area contributed by atoms with Crippen LogP contribution in [-0.2, 0) is 4.79 Å². The Balaban J connectivity index is 3.20. The lowest BCUT2D eigenvalue weighted by atomic mass is 10.1. The van der Waals surface area contributed by atoms with Gasteiger partial charge in [0.1, 0.15) is 0 Å².